The maximum Gasteiger partial charge on any atom is 0.0907 e. The third kappa shape index (κ3) is 2.40. The van der Waals surface area contributed by atoms with Gasteiger partial charge >= 0.3 is 0 Å². The van der Waals surface area contributed by atoms with Crippen LogP contribution in [0.4, 0.5) is 11.4 Å². The first-order chi connectivity index (χ1) is 9.17. The van der Waals surface area contributed by atoms with Gasteiger partial charge in [-0.25, -0.2) is 4.98 Å². The maximum absolute atomic E-state index is 9.03. The molecule has 5 heteroatoms. The molecule has 1 aromatic carbocycles. The third-order valence-corrected chi connectivity index (χ3v) is 4.74. The van der Waals surface area contributed by atoms with E-state index in [1.165, 1.54) is 0 Å². The van der Waals surface area contributed by atoms with Crippen molar-refractivity contribution in [3.05, 3.63) is 17.1 Å². The van der Waals surface area contributed by atoms with E-state index in [1.807, 2.05) is 13.0 Å². The van der Waals surface area contributed by atoms with Crippen LogP contribution in [0.25, 0.3) is 10.2 Å². The average Bonchev–Trinajstić information content (AvgIpc) is 2.94. The number of rotatable bonds is 3. The van der Waals surface area contributed by atoms with Gasteiger partial charge in [-0.05, 0) is 37.8 Å². The van der Waals surface area contributed by atoms with Gasteiger partial charge in [-0.3, -0.25) is 0 Å². The van der Waals surface area contributed by atoms with Gasteiger partial charge < -0.3 is 15.7 Å². The van der Waals surface area contributed by atoms with Crippen molar-refractivity contribution in [2.75, 3.05) is 30.3 Å². The summed E-state index contributed by atoms with van der Waals surface area (Å²) < 4.78 is 1.16. The van der Waals surface area contributed by atoms with E-state index in [2.05, 4.69) is 16.0 Å². The second kappa shape index (κ2) is 4.98. The van der Waals surface area contributed by atoms with Crippen LogP contribution in [0.15, 0.2) is 12.1 Å². The Hall–Kier alpha value is -1.33. The van der Waals surface area contributed by atoms with E-state index in [1.54, 1.807) is 11.3 Å². The zero-order valence-corrected chi connectivity index (χ0v) is 11.9. The van der Waals surface area contributed by atoms with Crippen molar-refractivity contribution >= 4 is 32.9 Å². The van der Waals surface area contributed by atoms with Crippen molar-refractivity contribution in [2.24, 2.45) is 5.92 Å². The summed E-state index contributed by atoms with van der Waals surface area (Å²) in [5.74, 6) is 0.581. The number of hydrogen-bond donors (Lipinski definition) is 2. The molecule has 2 heterocycles. The van der Waals surface area contributed by atoms with Crippen LogP contribution in [-0.4, -0.2) is 29.8 Å². The fourth-order valence-corrected chi connectivity index (χ4v) is 3.69. The first-order valence-corrected chi connectivity index (χ1v) is 7.51. The molecule has 1 atom stereocenters. The van der Waals surface area contributed by atoms with Gasteiger partial charge in [0.1, 0.15) is 0 Å². The Bertz CT molecular complexity index is 596. The van der Waals surface area contributed by atoms with Crippen LogP contribution in [0.3, 0.4) is 0 Å². The molecule has 2 aromatic rings. The number of thiazole rings is 1. The average molecular weight is 277 g/mol. The molecule has 0 radical (unpaired) electrons. The molecule has 1 unspecified atom stereocenters. The SMILES string of the molecule is Cc1nc2cc(N3CCC(CCO)C3)c(N)cc2s1. The van der Waals surface area contributed by atoms with Crippen LogP contribution in [0.2, 0.25) is 0 Å². The van der Waals surface area contributed by atoms with Gasteiger partial charge in [-0.2, -0.15) is 0 Å². The molecule has 0 amide bonds. The lowest BCUT2D eigenvalue weighted by molar-refractivity contribution is 0.263. The molecular weight excluding hydrogens is 258 g/mol. The number of aliphatic hydroxyl groups is 1. The lowest BCUT2D eigenvalue weighted by Crippen LogP contribution is -2.21. The first kappa shape index (κ1) is 12.7. The first-order valence-electron chi connectivity index (χ1n) is 6.70. The molecule has 1 aliphatic heterocycles. The van der Waals surface area contributed by atoms with Crippen molar-refractivity contribution in [1.82, 2.24) is 4.98 Å². The smallest absolute Gasteiger partial charge is 0.0907 e. The standard InChI is InChI=1S/C14H19N3OS/c1-9-16-12-7-13(11(15)6-14(12)19-9)17-4-2-10(8-17)3-5-18/h6-7,10,18H,2-5,8,15H2,1H3. The van der Waals surface area contributed by atoms with Crippen molar-refractivity contribution < 1.29 is 5.11 Å². The molecule has 3 N–H and O–H groups in total. The van der Waals surface area contributed by atoms with Crippen LogP contribution in [0, 0.1) is 12.8 Å². The normalized spacial score (nSPS) is 19.5. The molecule has 1 saturated heterocycles. The van der Waals surface area contributed by atoms with Gasteiger partial charge in [0.25, 0.3) is 0 Å². The molecule has 0 spiro atoms. The molecule has 3 rings (SSSR count). The fraction of sp³-hybridized carbons (Fsp3) is 0.500. The quantitative estimate of drug-likeness (QED) is 0.846. The van der Waals surface area contributed by atoms with Crippen LogP contribution >= 0.6 is 11.3 Å². The lowest BCUT2D eigenvalue weighted by atomic mass is 10.1. The summed E-state index contributed by atoms with van der Waals surface area (Å²) in [6, 6.07) is 4.14. The van der Waals surface area contributed by atoms with Crippen LogP contribution in [0.5, 0.6) is 0 Å². The Kier molecular flexibility index (Phi) is 3.33. The monoisotopic (exact) mass is 277 g/mol. The highest BCUT2D eigenvalue weighted by Gasteiger charge is 2.24. The minimum atomic E-state index is 0.276. The third-order valence-electron chi connectivity index (χ3n) is 3.81. The van der Waals surface area contributed by atoms with Crippen LogP contribution in [-0.2, 0) is 0 Å². The zero-order valence-electron chi connectivity index (χ0n) is 11.1. The van der Waals surface area contributed by atoms with Crippen molar-refractivity contribution in [3.8, 4) is 0 Å². The second-order valence-corrected chi connectivity index (χ2v) is 6.46. The lowest BCUT2D eigenvalue weighted by Gasteiger charge is -2.20. The Labute approximate surface area is 116 Å². The molecule has 0 aliphatic carbocycles. The number of fused-ring (bicyclic) bond motifs is 1. The molecule has 1 fully saturated rings. The van der Waals surface area contributed by atoms with E-state index < -0.39 is 0 Å². The minimum Gasteiger partial charge on any atom is -0.397 e. The molecule has 1 aliphatic rings. The number of nitrogens with two attached hydrogens (primary N) is 1. The Morgan fingerprint density at radius 1 is 1.53 bits per heavy atom. The fourth-order valence-electron chi connectivity index (χ4n) is 2.84. The summed E-state index contributed by atoms with van der Waals surface area (Å²) in [5, 5.41) is 10.1. The van der Waals surface area contributed by atoms with Gasteiger partial charge in [-0.1, -0.05) is 0 Å². The van der Waals surface area contributed by atoms with E-state index in [-0.39, 0.29) is 6.61 Å². The zero-order chi connectivity index (χ0) is 13.4. The summed E-state index contributed by atoms with van der Waals surface area (Å²) >= 11 is 1.68. The summed E-state index contributed by atoms with van der Waals surface area (Å²) in [6.45, 7) is 4.30. The molecule has 102 valence electrons. The Balaban J connectivity index is 1.90. The van der Waals surface area contributed by atoms with Crippen molar-refractivity contribution in [1.29, 1.82) is 0 Å². The van der Waals surface area contributed by atoms with Crippen molar-refractivity contribution in [2.45, 2.75) is 19.8 Å². The number of nitrogens with zero attached hydrogens (tertiary/aromatic N) is 2. The minimum absolute atomic E-state index is 0.276. The van der Waals surface area contributed by atoms with E-state index in [0.717, 1.165) is 52.5 Å². The van der Waals surface area contributed by atoms with Gasteiger partial charge in [0.15, 0.2) is 0 Å². The summed E-state index contributed by atoms with van der Waals surface area (Å²) in [5.41, 5.74) is 9.15. The van der Waals surface area contributed by atoms with E-state index in [9.17, 15) is 0 Å². The highest BCUT2D eigenvalue weighted by atomic mass is 32.1. The molecule has 0 bridgehead atoms. The highest BCUT2D eigenvalue weighted by molar-refractivity contribution is 7.18. The largest absolute Gasteiger partial charge is 0.397 e. The number of benzene rings is 1. The topological polar surface area (TPSA) is 62.4 Å². The Morgan fingerprint density at radius 3 is 3.16 bits per heavy atom. The summed E-state index contributed by atoms with van der Waals surface area (Å²) in [6.07, 6.45) is 2.02. The van der Waals surface area contributed by atoms with E-state index in [0.29, 0.717) is 5.92 Å². The Morgan fingerprint density at radius 2 is 2.37 bits per heavy atom. The van der Waals surface area contributed by atoms with Gasteiger partial charge in [-0.15, -0.1) is 11.3 Å². The highest BCUT2D eigenvalue weighted by Crippen LogP contribution is 2.35. The molecule has 1 aromatic heterocycles. The number of aryl methyl sites for hydroxylation is 1. The predicted molar refractivity (Wildman–Crippen MR) is 80.8 cm³/mol. The number of aliphatic hydroxyl groups excluding tert-OH is 1. The van der Waals surface area contributed by atoms with Gasteiger partial charge in [0.05, 0.1) is 26.6 Å². The van der Waals surface area contributed by atoms with E-state index in [4.69, 9.17) is 10.8 Å². The van der Waals surface area contributed by atoms with Crippen LogP contribution < -0.4 is 10.6 Å². The predicted octanol–water partition coefficient (Wildman–Crippen LogP) is 2.40. The van der Waals surface area contributed by atoms with Gasteiger partial charge in [0, 0.05) is 19.7 Å². The van der Waals surface area contributed by atoms with E-state index >= 15 is 0 Å². The van der Waals surface area contributed by atoms with Crippen molar-refractivity contribution in [3.63, 3.8) is 0 Å². The van der Waals surface area contributed by atoms with Crippen LogP contribution in [0.1, 0.15) is 17.8 Å². The molecule has 0 saturated carbocycles. The molecule has 4 nitrogen and oxygen atoms in total. The number of aromatic nitrogens is 1. The maximum atomic E-state index is 9.03. The number of anilines is 2. The van der Waals surface area contributed by atoms with Gasteiger partial charge in [0.2, 0.25) is 0 Å². The second-order valence-electron chi connectivity index (χ2n) is 5.22. The number of nitrogen functional groups attached to an aromatic ring is 1. The molecule has 19 heavy (non-hydrogen) atoms. The number of hydrogen-bond acceptors (Lipinski definition) is 5. The molecular formula is C14H19N3OS. The summed E-state index contributed by atoms with van der Waals surface area (Å²) in [4.78, 5) is 6.86. The summed E-state index contributed by atoms with van der Waals surface area (Å²) in [7, 11) is 0.